The molecule has 0 radical (unpaired) electrons. The van der Waals surface area contributed by atoms with Gasteiger partial charge in [0.05, 0.1) is 18.4 Å². The molecule has 12 heteroatoms. The Morgan fingerprint density at radius 3 is 2.44 bits per heavy atom. The molecule has 1 spiro atoms. The van der Waals surface area contributed by atoms with Crippen LogP contribution in [0.15, 0.2) is 30.5 Å². The molecule has 1 unspecified atom stereocenters. The lowest BCUT2D eigenvalue weighted by Crippen LogP contribution is -2.73. The summed E-state index contributed by atoms with van der Waals surface area (Å²) in [6, 6.07) is 5.38. The van der Waals surface area contributed by atoms with Gasteiger partial charge in [-0.15, -0.1) is 10.2 Å². The van der Waals surface area contributed by atoms with Gasteiger partial charge in [0.15, 0.2) is 5.82 Å². The molecule has 3 aromatic rings. The molecule has 2 aromatic heterocycles. The fourth-order valence-corrected chi connectivity index (χ4v) is 5.62. The van der Waals surface area contributed by atoms with Gasteiger partial charge >= 0.3 is 6.18 Å². The van der Waals surface area contributed by atoms with Crippen LogP contribution < -0.4 is 9.80 Å². The lowest BCUT2D eigenvalue weighted by Gasteiger charge is -2.60. The van der Waals surface area contributed by atoms with E-state index < -0.39 is 12.2 Å². The standard InChI is InChI=1S/C24H24ClF4N7/c1-14-5-20(30-7-18(14)26)34-10-23(11-34)12-35(13-23)22-32-31-21-9-33(15(2)24(27,28)29)8-16-6-17(25)3-4-19(16)36(21)22/h3-7,15H,8-13H2,1-2H3. The van der Waals surface area contributed by atoms with Crippen molar-refractivity contribution in [1.29, 1.82) is 0 Å². The van der Waals surface area contributed by atoms with Crippen LogP contribution in [0, 0.1) is 18.2 Å². The van der Waals surface area contributed by atoms with Crippen LogP contribution in [0.3, 0.4) is 0 Å². The van der Waals surface area contributed by atoms with Crippen molar-refractivity contribution in [3.8, 4) is 5.69 Å². The zero-order valence-corrected chi connectivity index (χ0v) is 20.5. The lowest BCUT2D eigenvalue weighted by atomic mass is 9.73. The third kappa shape index (κ3) is 3.80. The number of hydrogen-bond donors (Lipinski definition) is 0. The molecule has 2 fully saturated rings. The summed E-state index contributed by atoms with van der Waals surface area (Å²) in [7, 11) is 0. The van der Waals surface area contributed by atoms with E-state index in [1.54, 1.807) is 25.1 Å². The average Bonchev–Trinajstić information content (AvgIpc) is 3.08. The molecular weight excluding hydrogens is 498 g/mol. The van der Waals surface area contributed by atoms with Gasteiger partial charge in [0.2, 0.25) is 5.95 Å². The summed E-state index contributed by atoms with van der Waals surface area (Å²) in [6.45, 7) is 6.08. The molecule has 1 atom stereocenters. The second-order valence-corrected chi connectivity index (χ2v) is 10.6. The SMILES string of the molecule is Cc1cc(N2CC3(C2)CN(c2nnc4n2-c2ccc(Cl)cc2CN(C(C)C(F)(F)F)C4)C3)ncc1F. The zero-order valence-electron chi connectivity index (χ0n) is 19.7. The Morgan fingerprint density at radius 2 is 1.75 bits per heavy atom. The number of anilines is 2. The molecule has 7 nitrogen and oxygen atoms in total. The zero-order chi connectivity index (χ0) is 25.4. The van der Waals surface area contributed by atoms with Crippen molar-refractivity contribution in [1.82, 2.24) is 24.6 Å². The Kier molecular flexibility index (Phi) is 5.24. The van der Waals surface area contributed by atoms with Crippen molar-refractivity contribution in [2.45, 2.75) is 39.2 Å². The molecule has 190 valence electrons. The highest BCUT2D eigenvalue weighted by Gasteiger charge is 2.53. The van der Waals surface area contributed by atoms with Gasteiger partial charge in [-0.05, 0) is 49.2 Å². The normalized spacial score (nSPS) is 19.9. The third-order valence-corrected chi connectivity index (χ3v) is 7.71. The number of aryl methyl sites for hydroxylation is 1. The first kappa shape index (κ1) is 23.5. The Morgan fingerprint density at radius 1 is 1.03 bits per heavy atom. The maximum Gasteiger partial charge on any atom is 0.403 e. The highest BCUT2D eigenvalue weighted by atomic mass is 35.5. The summed E-state index contributed by atoms with van der Waals surface area (Å²) >= 11 is 6.21. The Hall–Kier alpha value is -2.92. The summed E-state index contributed by atoms with van der Waals surface area (Å²) in [5.41, 5.74) is 2.07. The number of rotatable bonds is 3. The van der Waals surface area contributed by atoms with Crippen molar-refractivity contribution in [2.24, 2.45) is 5.41 Å². The van der Waals surface area contributed by atoms with E-state index in [1.807, 2.05) is 10.6 Å². The Balaban J connectivity index is 1.24. The number of halogens is 5. The molecule has 1 aromatic carbocycles. The Labute approximate surface area is 210 Å². The van der Waals surface area contributed by atoms with Crippen LogP contribution >= 0.6 is 11.6 Å². The number of aromatic nitrogens is 4. The van der Waals surface area contributed by atoms with Crippen molar-refractivity contribution in [3.05, 3.63) is 58.3 Å². The number of pyridine rings is 1. The molecule has 3 aliphatic heterocycles. The first-order valence-corrected chi connectivity index (χ1v) is 12.1. The molecule has 2 saturated heterocycles. The first-order chi connectivity index (χ1) is 17.0. The van der Waals surface area contributed by atoms with Crippen molar-refractivity contribution in [3.63, 3.8) is 0 Å². The van der Waals surface area contributed by atoms with E-state index in [0.29, 0.717) is 27.9 Å². The predicted molar refractivity (Wildman–Crippen MR) is 127 cm³/mol. The summed E-state index contributed by atoms with van der Waals surface area (Å²) < 4.78 is 56.2. The van der Waals surface area contributed by atoms with Crippen molar-refractivity contribution >= 4 is 23.4 Å². The Bertz CT molecular complexity index is 1330. The molecule has 0 amide bonds. The van der Waals surface area contributed by atoms with Crippen molar-refractivity contribution < 1.29 is 17.6 Å². The molecule has 0 saturated carbocycles. The van der Waals surface area contributed by atoms with Gasteiger partial charge in [-0.3, -0.25) is 9.47 Å². The fourth-order valence-electron chi connectivity index (χ4n) is 5.42. The lowest BCUT2D eigenvalue weighted by molar-refractivity contribution is -0.182. The summed E-state index contributed by atoms with van der Waals surface area (Å²) in [4.78, 5) is 9.80. The van der Waals surface area contributed by atoms with Gasteiger partial charge in [-0.1, -0.05) is 11.6 Å². The van der Waals surface area contributed by atoms with Crippen molar-refractivity contribution in [2.75, 3.05) is 36.0 Å². The van der Waals surface area contributed by atoms with Gasteiger partial charge < -0.3 is 9.80 Å². The van der Waals surface area contributed by atoms with Gasteiger partial charge in [0.1, 0.15) is 17.7 Å². The number of benzene rings is 1. The van der Waals surface area contributed by atoms with E-state index in [2.05, 4.69) is 25.0 Å². The molecular formula is C24H24ClF4N7. The minimum absolute atomic E-state index is 0.0162. The van der Waals surface area contributed by atoms with Gasteiger partial charge in [-0.2, -0.15) is 13.2 Å². The number of hydrogen-bond acceptors (Lipinski definition) is 6. The highest BCUT2D eigenvalue weighted by Crippen LogP contribution is 2.44. The molecule has 36 heavy (non-hydrogen) atoms. The summed E-state index contributed by atoms with van der Waals surface area (Å²) in [5, 5.41) is 9.16. The van der Waals surface area contributed by atoms with Crippen LogP contribution in [0.25, 0.3) is 5.69 Å². The van der Waals surface area contributed by atoms with E-state index in [0.717, 1.165) is 44.6 Å². The molecule has 5 heterocycles. The topological polar surface area (TPSA) is 53.3 Å². The molecule has 6 rings (SSSR count). The predicted octanol–water partition coefficient (Wildman–Crippen LogP) is 4.36. The van der Waals surface area contributed by atoms with E-state index >= 15 is 0 Å². The van der Waals surface area contributed by atoms with Crippen LogP contribution in [-0.2, 0) is 13.1 Å². The minimum atomic E-state index is -4.37. The number of nitrogens with zero attached hydrogens (tertiary/aromatic N) is 7. The second-order valence-electron chi connectivity index (χ2n) is 10.2. The van der Waals surface area contributed by atoms with Gasteiger partial charge in [-0.25, -0.2) is 9.37 Å². The first-order valence-electron chi connectivity index (χ1n) is 11.7. The van der Waals surface area contributed by atoms with E-state index in [4.69, 9.17) is 11.6 Å². The number of fused-ring (bicyclic) bond motifs is 3. The summed E-state index contributed by atoms with van der Waals surface area (Å²) in [6.07, 6.45) is -3.12. The van der Waals surface area contributed by atoms with Crippen LogP contribution in [-0.4, -0.2) is 63.0 Å². The third-order valence-electron chi connectivity index (χ3n) is 7.48. The molecule has 0 bridgehead atoms. The minimum Gasteiger partial charge on any atom is -0.355 e. The van der Waals surface area contributed by atoms with E-state index in [1.165, 1.54) is 11.1 Å². The highest BCUT2D eigenvalue weighted by molar-refractivity contribution is 6.30. The van der Waals surface area contributed by atoms with Gasteiger partial charge in [0, 0.05) is 43.2 Å². The van der Waals surface area contributed by atoms with Crippen LogP contribution in [0.1, 0.15) is 23.9 Å². The monoisotopic (exact) mass is 521 g/mol. The van der Waals surface area contributed by atoms with E-state index in [-0.39, 0.29) is 24.3 Å². The summed E-state index contributed by atoms with van der Waals surface area (Å²) in [5.74, 6) is 1.53. The molecule has 0 aliphatic carbocycles. The fraction of sp³-hybridized carbons (Fsp3) is 0.458. The van der Waals surface area contributed by atoms with Crippen LogP contribution in [0.2, 0.25) is 5.02 Å². The second kappa shape index (κ2) is 8.04. The molecule has 0 N–H and O–H groups in total. The molecule has 3 aliphatic rings. The maximum atomic E-state index is 13.6. The van der Waals surface area contributed by atoms with E-state index in [9.17, 15) is 17.6 Å². The largest absolute Gasteiger partial charge is 0.403 e. The van der Waals surface area contributed by atoms with Crippen LogP contribution in [0.4, 0.5) is 29.3 Å². The van der Waals surface area contributed by atoms with Crippen LogP contribution in [0.5, 0.6) is 0 Å². The van der Waals surface area contributed by atoms with Gasteiger partial charge in [0.25, 0.3) is 0 Å². The quantitative estimate of drug-likeness (QED) is 0.478. The maximum absolute atomic E-state index is 13.6. The smallest absolute Gasteiger partial charge is 0.355 e. The average molecular weight is 522 g/mol. The number of alkyl halides is 3.